The van der Waals surface area contributed by atoms with E-state index in [0.29, 0.717) is 6.61 Å². The largest absolute Gasteiger partial charge is 0.396 e. The van der Waals surface area contributed by atoms with Gasteiger partial charge in [-0.2, -0.15) is 0 Å². The fourth-order valence-electron chi connectivity index (χ4n) is 2.98. The van der Waals surface area contributed by atoms with E-state index in [2.05, 4.69) is 0 Å². The Kier molecular flexibility index (Phi) is 11.5. The molecule has 0 amide bonds. The molecule has 0 radical (unpaired) electrons. The molecular weight excluding hydrogens is 236 g/mol. The second-order valence-corrected chi connectivity index (χ2v) is 6.13. The Morgan fingerprint density at radius 1 is 0.737 bits per heavy atom. The number of unbranched alkanes of at least 4 members (excludes halogenated alkanes) is 7. The fourth-order valence-corrected chi connectivity index (χ4v) is 2.98. The minimum absolute atomic E-state index is 0.359. The SMILES string of the molecule is OCCCCCCCCCCOCC1CCCCC1. The summed E-state index contributed by atoms with van der Waals surface area (Å²) in [6.07, 6.45) is 17.1. The summed E-state index contributed by atoms with van der Waals surface area (Å²) in [4.78, 5) is 0. The maximum Gasteiger partial charge on any atom is 0.0494 e. The van der Waals surface area contributed by atoms with Gasteiger partial charge in [-0.3, -0.25) is 0 Å². The predicted octanol–water partition coefficient (Wildman–Crippen LogP) is 4.70. The molecule has 1 aliphatic carbocycles. The number of ether oxygens (including phenoxy) is 1. The molecule has 1 rings (SSSR count). The first kappa shape index (κ1) is 17.0. The summed E-state index contributed by atoms with van der Waals surface area (Å²) < 4.78 is 5.80. The van der Waals surface area contributed by atoms with Crippen LogP contribution in [0.4, 0.5) is 0 Å². The smallest absolute Gasteiger partial charge is 0.0494 e. The molecule has 2 heteroatoms. The van der Waals surface area contributed by atoms with Crippen molar-refractivity contribution in [2.45, 2.75) is 83.5 Å². The summed E-state index contributed by atoms with van der Waals surface area (Å²) in [6, 6.07) is 0. The number of aliphatic hydroxyl groups is 1. The highest BCUT2D eigenvalue weighted by Gasteiger charge is 2.12. The van der Waals surface area contributed by atoms with E-state index in [4.69, 9.17) is 9.84 Å². The minimum Gasteiger partial charge on any atom is -0.396 e. The highest BCUT2D eigenvalue weighted by atomic mass is 16.5. The molecule has 0 heterocycles. The summed E-state index contributed by atoms with van der Waals surface area (Å²) in [5.41, 5.74) is 0. The van der Waals surface area contributed by atoms with E-state index in [-0.39, 0.29) is 0 Å². The molecule has 0 spiro atoms. The van der Waals surface area contributed by atoms with Crippen LogP contribution in [0.25, 0.3) is 0 Å². The van der Waals surface area contributed by atoms with E-state index in [1.165, 1.54) is 77.0 Å². The van der Waals surface area contributed by atoms with Crippen LogP contribution in [-0.4, -0.2) is 24.9 Å². The lowest BCUT2D eigenvalue weighted by Crippen LogP contribution is -2.13. The van der Waals surface area contributed by atoms with Crippen molar-refractivity contribution in [3.8, 4) is 0 Å². The molecular formula is C17H34O2. The first-order valence-electron chi connectivity index (χ1n) is 8.62. The highest BCUT2D eigenvalue weighted by molar-refractivity contribution is 4.64. The van der Waals surface area contributed by atoms with Crippen LogP contribution in [0, 0.1) is 5.92 Å². The van der Waals surface area contributed by atoms with Crippen LogP contribution in [0.3, 0.4) is 0 Å². The average molecular weight is 270 g/mol. The van der Waals surface area contributed by atoms with Gasteiger partial charge in [0.05, 0.1) is 0 Å². The number of aliphatic hydroxyl groups excluding tert-OH is 1. The van der Waals surface area contributed by atoms with Crippen LogP contribution in [0.15, 0.2) is 0 Å². The third-order valence-electron chi connectivity index (χ3n) is 4.28. The van der Waals surface area contributed by atoms with Crippen molar-refractivity contribution in [3.05, 3.63) is 0 Å². The molecule has 1 N–H and O–H groups in total. The van der Waals surface area contributed by atoms with E-state index >= 15 is 0 Å². The number of hydrogen-bond acceptors (Lipinski definition) is 2. The van der Waals surface area contributed by atoms with Crippen LogP contribution in [-0.2, 0) is 4.74 Å². The molecule has 0 aromatic heterocycles. The van der Waals surface area contributed by atoms with Crippen molar-refractivity contribution in [2.75, 3.05) is 19.8 Å². The Bertz CT molecular complexity index is 176. The van der Waals surface area contributed by atoms with Crippen LogP contribution >= 0.6 is 0 Å². The van der Waals surface area contributed by atoms with E-state index in [1.54, 1.807) is 0 Å². The summed E-state index contributed by atoms with van der Waals surface area (Å²) in [6.45, 7) is 2.35. The molecule has 1 fully saturated rings. The normalized spacial score (nSPS) is 16.9. The lowest BCUT2D eigenvalue weighted by Gasteiger charge is -2.21. The van der Waals surface area contributed by atoms with Gasteiger partial charge >= 0.3 is 0 Å². The summed E-state index contributed by atoms with van der Waals surface area (Å²) >= 11 is 0. The van der Waals surface area contributed by atoms with Crippen LogP contribution in [0.1, 0.15) is 83.5 Å². The molecule has 0 aromatic carbocycles. The molecule has 2 nitrogen and oxygen atoms in total. The van der Waals surface area contributed by atoms with Gasteiger partial charge in [0.15, 0.2) is 0 Å². The van der Waals surface area contributed by atoms with E-state index in [9.17, 15) is 0 Å². The summed E-state index contributed by atoms with van der Waals surface area (Å²) in [5, 5.41) is 8.67. The van der Waals surface area contributed by atoms with Crippen molar-refractivity contribution in [1.29, 1.82) is 0 Å². The van der Waals surface area contributed by atoms with Gasteiger partial charge in [0.25, 0.3) is 0 Å². The van der Waals surface area contributed by atoms with Crippen LogP contribution < -0.4 is 0 Å². The Labute approximate surface area is 119 Å². The molecule has 114 valence electrons. The van der Waals surface area contributed by atoms with Gasteiger partial charge in [-0.1, -0.05) is 57.8 Å². The Balaban J connectivity index is 1.71. The third kappa shape index (κ3) is 10.4. The van der Waals surface area contributed by atoms with Gasteiger partial charge in [-0.15, -0.1) is 0 Å². The predicted molar refractivity (Wildman–Crippen MR) is 81.4 cm³/mol. The van der Waals surface area contributed by atoms with E-state index < -0.39 is 0 Å². The van der Waals surface area contributed by atoms with Crippen molar-refractivity contribution >= 4 is 0 Å². The lowest BCUT2D eigenvalue weighted by molar-refractivity contribution is 0.0824. The topological polar surface area (TPSA) is 29.5 Å². The number of hydrogen-bond donors (Lipinski definition) is 1. The third-order valence-corrected chi connectivity index (χ3v) is 4.28. The van der Waals surface area contributed by atoms with Crippen molar-refractivity contribution in [1.82, 2.24) is 0 Å². The fraction of sp³-hybridized carbons (Fsp3) is 1.00. The molecule has 0 aliphatic heterocycles. The first-order chi connectivity index (χ1) is 9.43. The molecule has 0 aromatic rings. The van der Waals surface area contributed by atoms with Crippen molar-refractivity contribution in [2.24, 2.45) is 5.92 Å². The maximum absolute atomic E-state index is 8.67. The number of rotatable bonds is 12. The monoisotopic (exact) mass is 270 g/mol. The van der Waals surface area contributed by atoms with Gasteiger partial charge in [0.1, 0.15) is 0 Å². The van der Waals surface area contributed by atoms with Gasteiger partial charge in [0, 0.05) is 19.8 Å². The zero-order valence-electron chi connectivity index (χ0n) is 12.7. The van der Waals surface area contributed by atoms with Gasteiger partial charge < -0.3 is 9.84 Å². The van der Waals surface area contributed by atoms with Gasteiger partial charge in [-0.05, 0) is 31.6 Å². The Morgan fingerprint density at radius 2 is 1.32 bits per heavy atom. The molecule has 1 aliphatic rings. The summed E-state index contributed by atoms with van der Waals surface area (Å²) in [7, 11) is 0. The molecule has 19 heavy (non-hydrogen) atoms. The molecule has 0 saturated heterocycles. The molecule has 0 unspecified atom stereocenters. The standard InChI is InChI=1S/C17H34O2/c18-14-10-5-3-1-2-4-6-11-15-19-16-17-12-8-7-9-13-17/h17-18H,1-16H2. The molecule has 0 atom stereocenters. The summed E-state index contributed by atoms with van der Waals surface area (Å²) in [5.74, 6) is 0.861. The van der Waals surface area contributed by atoms with Crippen LogP contribution in [0.2, 0.25) is 0 Å². The van der Waals surface area contributed by atoms with Crippen LogP contribution in [0.5, 0.6) is 0 Å². The first-order valence-corrected chi connectivity index (χ1v) is 8.62. The van der Waals surface area contributed by atoms with Gasteiger partial charge in [0.2, 0.25) is 0 Å². The van der Waals surface area contributed by atoms with Crippen molar-refractivity contribution in [3.63, 3.8) is 0 Å². The zero-order chi connectivity index (χ0) is 13.6. The van der Waals surface area contributed by atoms with Crippen molar-refractivity contribution < 1.29 is 9.84 Å². The molecule has 0 bridgehead atoms. The van der Waals surface area contributed by atoms with Gasteiger partial charge in [-0.25, -0.2) is 0 Å². The quantitative estimate of drug-likeness (QED) is 0.521. The zero-order valence-corrected chi connectivity index (χ0v) is 12.7. The second-order valence-electron chi connectivity index (χ2n) is 6.13. The Morgan fingerprint density at radius 3 is 1.95 bits per heavy atom. The second kappa shape index (κ2) is 12.9. The average Bonchev–Trinajstić information content (AvgIpc) is 2.46. The lowest BCUT2D eigenvalue weighted by atomic mass is 9.90. The molecule has 1 saturated carbocycles. The maximum atomic E-state index is 8.67. The van der Waals surface area contributed by atoms with E-state index in [0.717, 1.165) is 25.6 Å². The Hall–Kier alpha value is -0.0800. The van der Waals surface area contributed by atoms with E-state index in [1.807, 2.05) is 0 Å². The highest BCUT2D eigenvalue weighted by Crippen LogP contribution is 2.23. The minimum atomic E-state index is 0.359.